The Labute approximate surface area is 197 Å². The molecule has 32 heavy (non-hydrogen) atoms. The second-order valence-corrected chi connectivity index (χ2v) is 9.91. The molecule has 0 aliphatic rings. The second kappa shape index (κ2) is 10.4. The average Bonchev–Trinajstić information content (AvgIpc) is 2.78. The van der Waals surface area contributed by atoms with Crippen molar-refractivity contribution in [1.82, 2.24) is 9.62 Å². The molecule has 3 rings (SSSR count). The number of nitrogens with one attached hydrogen (secondary N) is 1. The van der Waals surface area contributed by atoms with Crippen molar-refractivity contribution in [2.45, 2.75) is 18.0 Å². The van der Waals surface area contributed by atoms with E-state index in [1.165, 1.54) is 30.6 Å². The fourth-order valence-electron chi connectivity index (χ4n) is 3.08. The summed E-state index contributed by atoms with van der Waals surface area (Å²) in [5.41, 5.74) is 1.66. The predicted molar refractivity (Wildman–Crippen MR) is 126 cm³/mol. The first-order chi connectivity index (χ1) is 15.2. The van der Waals surface area contributed by atoms with Crippen molar-refractivity contribution in [3.8, 4) is 5.75 Å². The molecule has 0 aromatic heterocycles. The highest BCUT2D eigenvalue weighted by Crippen LogP contribution is 2.25. The lowest BCUT2D eigenvalue weighted by molar-refractivity contribution is 0.0950. The average molecular weight is 493 g/mol. The summed E-state index contributed by atoms with van der Waals surface area (Å²) in [4.78, 5) is 12.9. The van der Waals surface area contributed by atoms with Crippen LogP contribution in [-0.4, -0.2) is 32.8 Å². The van der Waals surface area contributed by atoms with E-state index >= 15 is 0 Å². The number of rotatable bonds is 8. The Morgan fingerprint density at radius 1 is 1.00 bits per heavy atom. The van der Waals surface area contributed by atoms with Gasteiger partial charge in [-0.15, -0.1) is 0 Å². The van der Waals surface area contributed by atoms with Crippen LogP contribution in [-0.2, 0) is 23.1 Å². The first-order valence-electron chi connectivity index (χ1n) is 9.63. The number of hydrogen-bond acceptors (Lipinski definition) is 4. The lowest BCUT2D eigenvalue weighted by Gasteiger charge is -2.19. The van der Waals surface area contributed by atoms with E-state index in [1.54, 1.807) is 54.6 Å². The molecule has 3 aromatic rings. The predicted octanol–water partition coefficient (Wildman–Crippen LogP) is 4.75. The molecule has 0 radical (unpaired) electrons. The van der Waals surface area contributed by atoms with Gasteiger partial charge in [-0.05, 0) is 48.0 Å². The number of amides is 1. The molecular formula is C23H22Cl2N2O4S. The van der Waals surface area contributed by atoms with Gasteiger partial charge in [0, 0.05) is 41.3 Å². The molecule has 0 saturated heterocycles. The van der Waals surface area contributed by atoms with Gasteiger partial charge in [-0.1, -0.05) is 47.5 Å². The summed E-state index contributed by atoms with van der Waals surface area (Å²) >= 11 is 12.1. The van der Waals surface area contributed by atoms with Crippen LogP contribution in [0.15, 0.2) is 71.6 Å². The molecule has 0 spiro atoms. The first-order valence-corrected chi connectivity index (χ1v) is 11.8. The largest absolute Gasteiger partial charge is 0.496 e. The lowest BCUT2D eigenvalue weighted by atomic mass is 10.1. The Hall–Kier alpha value is -2.58. The Morgan fingerprint density at radius 2 is 1.72 bits per heavy atom. The third-order valence-corrected chi connectivity index (χ3v) is 7.25. The monoisotopic (exact) mass is 492 g/mol. The molecule has 0 fully saturated rings. The van der Waals surface area contributed by atoms with Crippen LogP contribution in [0.4, 0.5) is 0 Å². The molecule has 0 saturated carbocycles. The van der Waals surface area contributed by atoms with Gasteiger partial charge in [-0.25, -0.2) is 8.42 Å². The van der Waals surface area contributed by atoms with Crippen LogP contribution in [0, 0.1) is 0 Å². The van der Waals surface area contributed by atoms with Crippen molar-refractivity contribution in [2.24, 2.45) is 0 Å². The van der Waals surface area contributed by atoms with Gasteiger partial charge in [0.2, 0.25) is 10.0 Å². The molecule has 9 heteroatoms. The number of carbonyl (C=O) groups is 1. The molecule has 0 unspecified atom stereocenters. The Bertz CT molecular complexity index is 1220. The maximum absolute atomic E-state index is 12.9. The Balaban J connectivity index is 1.78. The molecule has 1 amide bonds. The molecule has 0 atom stereocenters. The standard InChI is InChI=1S/C23H22Cl2N2O4S/c1-27(32(29,30)20-6-4-3-5-7-20)15-18-12-16(9-11-22(18)31-2)23(28)26-14-17-8-10-19(24)13-21(17)25/h3-13H,14-15H2,1-2H3,(H,26,28). The minimum Gasteiger partial charge on any atom is -0.496 e. The van der Waals surface area contributed by atoms with Crippen molar-refractivity contribution in [3.63, 3.8) is 0 Å². The van der Waals surface area contributed by atoms with Crippen LogP contribution in [0.2, 0.25) is 10.0 Å². The van der Waals surface area contributed by atoms with Crippen LogP contribution in [0.25, 0.3) is 0 Å². The molecule has 6 nitrogen and oxygen atoms in total. The van der Waals surface area contributed by atoms with Gasteiger partial charge in [0.25, 0.3) is 5.91 Å². The van der Waals surface area contributed by atoms with E-state index in [9.17, 15) is 13.2 Å². The number of benzene rings is 3. The minimum atomic E-state index is -3.70. The van der Waals surface area contributed by atoms with Gasteiger partial charge in [0.15, 0.2) is 0 Å². The minimum absolute atomic E-state index is 0.0323. The molecule has 0 aliphatic heterocycles. The highest BCUT2D eigenvalue weighted by Gasteiger charge is 2.22. The molecular weight excluding hydrogens is 471 g/mol. The Morgan fingerprint density at radius 3 is 2.38 bits per heavy atom. The molecule has 168 valence electrons. The van der Waals surface area contributed by atoms with Crippen LogP contribution < -0.4 is 10.1 Å². The maximum atomic E-state index is 12.9. The zero-order chi connectivity index (χ0) is 23.3. The maximum Gasteiger partial charge on any atom is 0.251 e. The van der Waals surface area contributed by atoms with Crippen molar-refractivity contribution in [1.29, 1.82) is 0 Å². The number of sulfonamides is 1. The topological polar surface area (TPSA) is 75.7 Å². The molecule has 1 N–H and O–H groups in total. The summed E-state index contributed by atoms with van der Waals surface area (Å²) in [5, 5.41) is 3.78. The molecule has 0 aliphatic carbocycles. The summed E-state index contributed by atoms with van der Waals surface area (Å²) in [6, 6.07) is 18.1. The van der Waals surface area contributed by atoms with E-state index in [1.807, 2.05) is 0 Å². The summed E-state index contributed by atoms with van der Waals surface area (Å²) in [5.74, 6) is 0.158. The van der Waals surface area contributed by atoms with Crippen molar-refractivity contribution in [2.75, 3.05) is 14.2 Å². The third-order valence-electron chi connectivity index (χ3n) is 4.84. The van der Waals surface area contributed by atoms with E-state index in [4.69, 9.17) is 27.9 Å². The van der Waals surface area contributed by atoms with E-state index in [-0.39, 0.29) is 23.9 Å². The summed E-state index contributed by atoms with van der Waals surface area (Å²) < 4.78 is 32.3. The molecule has 0 heterocycles. The Kier molecular flexibility index (Phi) is 7.79. The number of carbonyl (C=O) groups excluding carboxylic acids is 1. The van der Waals surface area contributed by atoms with Gasteiger partial charge < -0.3 is 10.1 Å². The van der Waals surface area contributed by atoms with Crippen LogP contribution in [0.1, 0.15) is 21.5 Å². The van der Waals surface area contributed by atoms with E-state index in [0.29, 0.717) is 26.9 Å². The number of halogens is 2. The summed E-state index contributed by atoms with van der Waals surface area (Å²) in [6.07, 6.45) is 0. The van der Waals surface area contributed by atoms with Crippen LogP contribution >= 0.6 is 23.2 Å². The fourth-order valence-corrected chi connectivity index (χ4v) is 4.73. The number of hydrogen-bond donors (Lipinski definition) is 1. The molecule has 0 bridgehead atoms. The van der Waals surface area contributed by atoms with E-state index < -0.39 is 10.0 Å². The highest BCUT2D eigenvalue weighted by molar-refractivity contribution is 7.89. The first kappa shape index (κ1) is 24.1. The van der Waals surface area contributed by atoms with Gasteiger partial charge in [0.05, 0.1) is 12.0 Å². The normalized spacial score (nSPS) is 11.4. The smallest absolute Gasteiger partial charge is 0.251 e. The van der Waals surface area contributed by atoms with Crippen molar-refractivity contribution >= 4 is 39.1 Å². The molecule has 3 aromatic carbocycles. The second-order valence-electron chi connectivity index (χ2n) is 7.02. The van der Waals surface area contributed by atoms with Crippen molar-refractivity contribution in [3.05, 3.63) is 93.5 Å². The fraction of sp³-hybridized carbons (Fsp3) is 0.174. The van der Waals surface area contributed by atoms with Crippen LogP contribution in [0.5, 0.6) is 5.75 Å². The zero-order valence-electron chi connectivity index (χ0n) is 17.5. The van der Waals surface area contributed by atoms with Gasteiger partial charge in [-0.3, -0.25) is 4.79 Å². The van der Waals surface area contributed by atoms with Crippen LogP contribution in [0.3, 0.4) is 0 Å². The highest BCUT2D eigenvalue weighted by atomic mass is 35.5. The van der Waals surface area contributed by atoms with E-state index in [0.717, 1.165) is 5.56 Å². The van der Waals surface area contributed by atoms with Gasteiger partial charge in [0.1, 0.15) is 5.75 Å². The summed E-state index contributed by atoms with van der Waals surface area (Å²) in [6.45, 7) is 0.253. The number of nitrogens with zero attached hydrogens (tertiary/aromatic N) is 1. The number of ether oxygens (including phenoxy) is 1. The zero-order valence-corrected chi connectivity index (χ0v) is 19.8. The van der Waals surface area contributed by atoms with Crippen molar-refractivity contribution < 1.29 is 17.9 Å². The van der Waals surface area contributed by atoms with Gasteiger partial charge >= 0.3 is 0 Å². The summed E-state index contributed by atoms with van der Waals surface area (Å²) in [7, 11) is -0.722. The third kappa shape index (κ3) is 5.61. The van der Waals surface area contributed by atoms with Gasteiger partial charge in [-0.2, -0.15) is 4.31 Å². The lowest BCUT2D eigenvalue weighted by Crippen LogP contribution is -2.27. The van der Waals surface area contributed by atoms with E-state index in [2.05, 4.69) is 5.32 Å². The quantitative estimate of drug-likeness (QED) is 0.492. The SMILES string of the molecule is COc1ccc(C(=O)NCc2ccc(Cl)cc2Cl)cc1CN(C)S(=O)(=O)c1ccccc1. The number of methoxy groups -OCH3 is 1.